The second kappa shape index (κ2) is 18.4. The number of rotatable bonds is 18. The number of benzene rings is 3. The van der Waals surface area contributed by atoms with Crippen molar-refractivity contribution >= 4 is 45.8 Å². The molecular formula is C39H44Cl2N4O8. The van der Waals surface area contributed by atoms with Crippen molar-refractivity contribution in [3.63, 3.8) is 0 Å². The Morgan fingerprint density at radius 3 is 2.60 bits per heavy atom. The van der Waals surface area contributed by atoms with Crippen molar-refractivity contribution in [3.05, 3.63) is 101 Å². The van der Waals surface area contributed by atoms with Crippen LogP contribution in [-0.2, 0) is 22.7 Å². The molecule has 1 aliphatic carbocycles. The first-order valence-electron chi connectivity index (χ1n) is 17.7. The number of aliphatic carboxylic acids is 1. The molecule has 0 bridgehead atoms. The fraction of sp³-hybridized carbons (Fsp3) is 0.410. The number of aliphatic hydroxyl groups is 2. The van der Waals surface area contributed by atoms with Crippen LogP contribution in [0.2, 0.25) is 5.02 Å². The number of ether oxygens (including phenoxy) is 3. The molecule has 1 aromatic heterocycles. The van der Waals surface area contributed by atoms with Crippen LogP contribution in [-0.4, -0.2) is 99.1 Å². The highest BCUT2D eigenvalue weighted by Gasteiger charge is 2.42. The lowest BCUT2D eigenvalue weighted by Crippen LogP contribution is -2.47. The van der Waals surface area contributed by atoms with E-state index in [9.17, 15) is 20.1 Å². The number of piperidine rings is 1. The van der Waals surface area contributed by atoms with Crippen LogP contribution in [0.25, 0.3) is 16.6 Å². The predicted octanol–water partition coefficient (Wildman–Crippen LogP) is 5.62. The van der Waals surface area contributed by atoms with Crippen LogP contribution in [0, 0.1) is 0 Å². The number of hydrogen-bond donors (Lipinski definition) is 4. The molecule has 3 atom stereocenters. The van der Waals surface area contributed by atoms with E-state index < -0.39 is 29.6 Å². The van der Waals surface area contributed by atoms with Gasteiger partial charge in [-0.05, 0) is 83.5 Å². The first-order valence-corrected chi connectivity index (χ1v) is 18.6. The smallest absolute Gasteiger partial charge is 0.323 e. The molecule has 14 heteroatoms. The number of carboxylic acid groups (broad SMARTS) is 1. The molecule has 3 aromatic carbocycles. The maximum absolute atomic E-state index is 11.6. The summed E-state index contributed by atoms with van der Waals surface area (Å²) < 4.78 is 24.2. The minimum Gasteiger partial charge on any atom is -0.488 e. The van der Waals surface area contributed by atoms with Gasteiger partial charge in [-0.15, -0.1) is 11.6 Å². The van der Waals surface area contributed by atoms with E-state index in [1.807, 2.05) is 54.6 Å². The van der Waals surface area contributed by atoms with Gasteiger partial charge in [-0.2, -0.15) is 0 Å². The van der Waals surface area contributed by atoms with Crippen LogP contribution in [0.3, 0.4) is 0 Å². The molecule has 1 fully saturated rings. The Morgan fingerprint density at radius 1 is 1.04 bits per heavy atom. The summed E-state index contributed by atoms with van der Waals surface area (Å²) in [5.74, 6) is -0.474. The molecule has 0 amide bonds. The van der Waals surface area contributed by atoms with E-state index in [0.29, 0.717) is 34.7 Å². The van der Waals surface area contributed by atoms with Gasteiger partial charge in [0, 0.05) is 37.9 Å². The number of unbranched alkanes of at least 4 members (excludes halogenated alkanes) is 1. The maximum Gasteiger partial charge on any atom is 0.323 e. The van der Waals surface area contributed by atoms with Crippen molar-refractivity contribution in [1.29, 1.82) is 0 Å². The van der Waals surface area contributed by atoms with Gasteiger partial charge in [0.05, 0.1) is 23.1 Å². The van der Waals surface area contributed by atoms with Gasteiger partial charge in [0.1, 0.15) is 47.4 Å². The molecule has 6 rings (SSSR count). The molecule has 0 radical (unpaired) electrons. The number of nitrogens with one attached hydrogen (secondary N) is 1. The van der Waals surface area contributed by atoms with E-state index in [0.717, 1.165) is 62.0 Å². The van der Waals surface area contributed by atoms with Gasteiger partial charge in [-0.3, -0.25) is 10.1 Å². The lowest BCUT2D eigenvalue weighted by Gasteiger charge is -2.38. The van der Waals surface area contributed by atoms with Gasteiger partial charge in [0.25, 0.3) is 0 Å². The molecule has 2 aliphatic rings. The van der Waals surface area contributed by atoms with Gasteiger partial charge in [0.2, 0.25) is 0 Å². The summed E-state index contributed by atoms with van der Waals surface area (Å²) in [6.45, 7) is 2.80. The second-order valence-electron chi connectivity index (χ2n) is 13.3. The third-order valence-corrected chi connectivity index (χ3v) is 10.5. The minimum absolute atomic E-state index is 0.0318. The second-order valence-corrected chi connectivity index (χ2v) is 14.1. The van der Waals surface area contributed by atoms with Gasteiger partial charge in [0.15, 0.2) is 0 Å². The van der Waals surface area contributed by atoms with Crippen molar-refractivity contribution < 1.29 is 39.0 Å². The van der Waals surface area contributed by atoms with E-state index in [1.54, 1.807) is 24.3 Å². The van der Waals surface area contributed by atoms with Gasteiger partial charge in [-0.1, -0.05) is 60.2 Å². The number of nitrogens with zero attached hydrogens (tertiary/aromatic N) is 3. The zero-order valence-electron chi connectivity index (χ0n) is 29.2. The summed E-state index contributed by atoms with van der Waals surface area (Å²) in [5.41, 5.74) is 3.38. The Bertz CT molecular complexity index is 1880. The van der Waals surface area contributed by atoms with Gasteiger partial charge < -0.3 is 34.4 Å². The summed E-state index contributed by atoms with van der Waals surface area (Å²) in [7, 11) is 0. The van der Waals surface area contributed by atoms with Crippen LogP contribution >= 0.6 is 23.2 Å². The highest BCUT2D eigenvalue weighted by atomic mass is 35.5. The van der Waals surface area contributed by atoms with Gasteiger partial charge in [-0.25, -0.2) is 4.63 Å². The Hall–Kier alpha value is -4.01. The lowest BCUT2D eigenvalue weighted by atomic mass is 9.86. The molecule has 53 heavy (non-hydrogen) atoms. The Balaban J connectivity index is 1.20. The summed E-state index contributed by atoms with van der Waals surface area (Å²) >= 11 is 14.1. The van der Waals surface area contributed by atoms with Crippen molar-refractivity contribution in [2.45, 2.75) is 62.0 Å². The van der Waals surface area contributed by atoms with Crippen LogP contribution < -0.4 is 14.8 Å². The summed E-state index contributed by atoms with van der Waals surface area (Å²) in [6.07, 6.45) is 9.02. The normalized spacial score (nSPS) is 20.0. The molecule has 0 saturated carbocycles. The molecule has 2 heterocycles. The quantitative estimate of drug-likeness (QED) is 0.0733. The van der Waals surface area contributed by atoms with E-state index in [-0.39, 0.29) is 30.9 Å². The standard InChI is InChI=1S/C39H44Cl2N4O8/c40-31-20-28(22-42-34(23-46)38(48)49)35(50-24-26-10-11-32-33(19-26)44-53-43-32)21-36(31)51-25-39(52-18-5-4-15-45-16-12-29(47)13-17-45)14-6-9-30(37(39)41)27-7-2-1-3-8-27/h1-3,6-11,14,19-21,29,34,37,42,46-47H,4-5,12-13,15-18,22-25H2,(H,48,49). The number of carbonyl (C=O) groups is 1. The average molecular weight is 768 g/mol. The number of aromatic nitrogens is 2. The largest absolute Gasteiger partial charge is 0.488 e. The fourth-order valence-electron chi connectivity index (χ4n) is 6.44. The SMILES string of the molecule is O=C(O)C(CO)NCc1cc(Cl)c(OCC2(OCCCCN3CCC(O)CC3)C=CC=C(c3ccccc3)C2Cl)cc1OCc1ccc2nonc2c1. The lowest BCUT2D eigenvalue weighted by molar-refractivity contribution is -0.140. The Morgan fingerprint density at radius 2 is 1.83 bits per heavy atom. The first kappa shape index (κ1) is 38.7. The highest BCUT2D eigenvalue weighted by molar-refractivity contribution is 6.32. The number of allylic oxidation sites excluding steroid dienone is 2. The molecule has 1 aliphatic heterocycles. The molecule has 4 aromatic rings. The van der Waals surface area contributed by atoms with Gasteiger partial charge >= 0.3 is 5.97 Å². The third kappa shape index (κ3) is 9.95. The number of fused-ring (bicyclic) bond motifs is 1. The average Bonchev–Trinajstić information content (AvgIpc) is 3.64. The third-order valence-electron chi connectivity index (χ3n) is 9.56. The fourth-order valence-corrected chi connectivity index (χ4v) is 7.08. The van der Waals surface area contributed by atoms with Crippen LogP contribution in [0.1, 0.15) is 42.4 Å². The van der Waals surface area contributed by atoms with E-state index in [1.165, 1.54) is 0 Å². The molecular weight excluding hydrogens is 723 g/mol. The summed E-state index contributed by atoms with van der Waals surface area (Å²) in [5, 5.41) is 39.2. The molecule has 4 N–H and O–H groups in total. The first-order chi connectivity index (χ1) is 25.7. The zero-order chi connectivity index (χ0) is 37.2. The number of likely N-dealkylation sites (tertiary alicyclic amines) is 1. The van der Waals surface area contributed by atoms with Crippen molar-refractivity contribution in [2.24, 2.45) is 0 Å². The number of aliphatic hydroxyl groups excluding tert-OH is 2. The minimum atomic E-state index is -1.19. The number of halogens is 2. The monoisotopic (exact) mass is 766 g/mol. The van der Waals surface area contributed by atoms with E-state index >= 15 is 0 Å². The Kier molecular flexibility index (Phi) is 13.4. The van der Waals surface area contributed by atoms with E-state index in [2.05, 4.69) is 20.5 Å². The molecule has 3 unspecified atom stereocenters. The molecule has 1 saturated heterocycles. The highest BCUT2D eigenvalue weighted by Crippen LogP contribution is 2.40. The van der Waals surface area contributed by atoms with Crippen LogP contribution in [0.4, 0.5) is 0 Å². The maximum atomic E-state index is 11.6. The zero-order valence-corrected chi connectivity index (χ0v) is 30.7. The molecule has 12 nitrogen and oxygen atoms in total. The molecule has 0 spiro atoms. The predicted molar refractivity (Wildman–Crippen MR) is 201 cm³/mol. The van der Waals surface area contributed by atoms with Crippen molar-refractivity contribution in [3.8, 4) is 11.5 Å². The number of hydrogen-bond acceptors (Lipinski definition) is 11. The summed E-state index contributed by atoms with van der Waals surface area (Å²) in [4.78, 5) is 14.0. The van der Waals surface area contributed by atoms with Crippen LogP contribution in [0.5, 0.6) is 11.5 Å². The molecule has 282 valence electrons. The van der Waals surface area contributed by atoms with Crippen molar-refractivity contribution in [1.82, 2.24) is 20.5 Å². The Labute approximate surface area is 317 Å². The van der Waals surface area contributed by atoms with Crippen LogP contribution in [0.15, 0.2) is 83.5 Å². The summed E-state index contributed by atoms with van der Waals surface area (Å²) in [6, 6.07) is 17.5. The number of alkyl halides is 1. The number of carboxylic acids is 1. The van der Waals surface area contributed by atoms with Crippen molar-refractivity contribution in [2.75, 3.05) is 39.5 Å². The topological polar surface area (TPSA) is 160 Å². The van der Waals surface area contributed by atoms with E-state index in [4.69, 9.17) is 42.0 Å².